The van der Waals surface area contributed by atoms with E-state index >= 15 is 0 Å². The van der Waals surface area contributed by atoms with Crippen molar-refractivity contribution in [1.29, 1.82) is 0 Å². The fraction of sp³-hybridized carbons (Fsp3) is 0.533. The Balaban J connectivity index is 1.70. The zero-order valence-electron chi connectivity index (χ0n) is 23.3. The molecule has 208 valence electrons. The number of nitrogens with zero attached hydrogens (tertiary/aromatic N) is 2. The van der Waals surface area contributed by atoms with E-state index in [1.165, 1.54) is 17.0 Å². The molecule has 8 heteroatoms. The lowest BCUT2D eigenvalue weighted by Gasteiger charge is -2.31. The molecule has 1 saturated carbocycles. The van der Waals surface area contributed by atoms with Gasteiger partial charge in [-0.15, -0.1) is 0 Å². The molecule has 0 heterocycles. The first-order valence-electron chi connectivity index (χ1n) is 13.8. The normalized spacial score (nSPS) is 15.1. The quantitative estimate of drug-likeness (QED) is 0.411. The fourth-order valence-electron chi connectivity index (χ4n) is 4.94. The number of anilines is 1. The maximum Gasteiger partial charge on any atom is 0.242 e. The van der Waals surface area contributed by atoms with Crippen LogP contribution in [0.4, 0.5) is 5.69 Å². The maximum atomic E-state index is 13.5. The number of carbonyl (C=O) groups excluding carboxylic acids is 2. The van der Waals surface area contributed by atoms with Crippen LogP contribution in [0.2, 0.25) is 0 Å². The molecule has 38 heavy (non-hydrogen) atoms. The number of benzene rings is 2. The molecule has 3 rings (SSSR count). The first-order chi connectivity index (χ1) is 18.1. The van der Waals surface area contributed by atoms with Crippen molar-refractivity contribution in [2.75, 3.05) is 17.1 Å². The molecule has 1 N–H and O–H groups in total. The minimum absolute atomic E-state index is 0.133. The second kappa shape index (κ2) is 13.8. The molecule has 0 aliphatic heterocycles. The molecule has 2 aromatic rings. The van der Waals surface area contributed by atoms with Crippen molar-refractivity contribution in [3.8, 4) is 0 Å². The van der Waals surface area contributed by atoms with E-state index < -0.39 is 16.1 Å². The van der Waals surface area contributed by atoms with Crippen LogP contribution < -0.4 is 9.62 Å². The van der Waals surface area contributed by atoms with Gasteiger partial charge in [0.2, 0.25) is 21.8 Å². The average Bonchev–Trinajstić information content (AvgIpc) is 2.90. The topological polar surface area (TPSA) is 86.8 Å². The summed E-state index contributed by atoms with van der Waals surface area (Å²) in [6.07, 6.45) is 7.94. The maximum absolute atomic E-state index is 13.5. The average molecular weight is 542 g/mol. The number of carbonyl (C=O) groups is 2. The molecular formula is C30H43N3O4S. The van der Waals surface area contributed by atoms with Gasteiger partial charge in [0, 0.05) is 25.6 Å². The highest BCUT2D eigenvalue weighted by Crippen LogP contribution is 2.21. The molecule has 1 fully saturated rings. The minimum atomic E-state index is -3.51. The SMILES string of the molecule is CCc1ccc(N(CCCC(=O)N(Cc2ccc(C)cc2)C(C)C(=O)NC2CCCCC2)S(C)(=O)=O)cc1. The Hall–Kier alpha value is -2.87. The summed E-state index contributed by atoms with van der Waals surface area (Å²) in [6.45, 7) is 6.36. The third-order valence-corrected chi connectivity index (χ3v) is 8.57. The van der Waals surface area contributed by atoms with Crippen molar-refractivity contribution in [1.82, 2.24) is 10.2 Å². The first-order valence-corrected chi connectivity index (χ1v) is 15.7. The molecule has 7 nitrogen and oxygen atoms in total. The van der Waals surface area contributed by atoms with Gasteiger partial charge >= 0.3 is 0 Å². The van der Waals surface area contributed by atoms with Crippen LogP contribution in [0.25, 0.3) is 0 Å². The minimum Gasteiger partial charge on any atom is -0.352 e. The Bertz CT molecular complexity index is 1160. The van der Waals surface area contributed by atoms with Gasteiger partial charge in [-0.1, -0.05) is 68.1 Å². The second-order valence-electron chi connectivity index (χ2n) is 10.5. The predicted molar refractivity (Wildman–Crippen MR) is 153 cm³/mol. The molecule has 2 aromatic carbocycles. The van der Waals surface area contributed by atoms with Gasteiger partial charge in [-0.25, -0.2) is 8.42 Å². The number of hydrogen-bond donors (Lipinski definition) is 1. The monoisotopic (exact) mass is 541 g/mol. The summed E-state index contributed by atoms with van der Waals surface area (Å²) in [6, 6.07) is 15.0. The van der Waals surface area contributed by atoms with Crippen LogP contribution in [0.15, 0.2) is 48.5 Å². The van der Waals surface area contributed by atoms with Gasteiger partial charge in [-0.3, -0.25) is 13.9 Å². The summed E-state index contributed by atoms with van der Waals surface area (Å²) in [5, 5.41) is 3.15. The number of nitrogens with one attached hydrogen (secondary N) is 1. The largest absolute Gasteiger partial charge is 0.352 e. The molecule has 0 radical (unpaired) electrons. The highest BCUT2D eigenvalue weighted by atomic mass is 32.2. The molecule has 0 bridgehead atoms. The van der Waals surface area contributed by atoms with Crippen LogP contribution in [-0.2, 0) is 32.6 Å². The molecule has 2 amide bonds. The summed E-state index contributed by atoms with van der Waals surface area (Å²) >= 11 is 0. The lowest BCUT2D eigenvalue weighted by Crippen LogP contribution is -2.50. The van der Waals surface area contributed by atoms with Crippen molar-refractivity contribution in [3.63, 3.8) is 0 Å². The third-order valence-electron chi connectivity index (χ3n) is 7.38. The Morgan fingerprint density at radius 3 is 2.16 bits per heavy atom. The van der Waals surface area contributed by atoms with Crippen LogP contribution in [0.1, 0.15) is 75.5 Å². The van der Waals surface area contributed by atoms with Gasteiger partial charge in [0.1, 0.15) is 6.04 Å². The van der Waals surface area contributed by atoms with Crippen LogP contribution in [0, 0.1) is 6.92 Å². The Morgan fingerprint density at radius 1 is 0.974 bits per heavy atom. The summed E-state index contributed by atoms with van der Waals surface area (Å²) in [5.41, 5.74) is 3.80. The van der Waals surface area contributed by atoms with E-state index in [1.807, 2.05) is 62.4 Å². The number of aryl methyl sites for hydroxylation is 2. The van der Waals surface area contributed by atoms with Gasteiger partial charge < -0.3 is 10.2 Å². The fourth-order valence-corrected chi connectivity index (χ4v) is 5.91. The second-order valence-corrected chi connectivity index (χ2v) is 12.4. The highest BCUT2D eigenvalue weighted by molar-refractivity contribution is 7.92. The van der Waals surface area contributed by atoms with E-state index in [0.29, 0.717) is 18.7 Å². The van der Waals surface area contributed by atoms with E-state index in [1.54, 1.807) is 11.8 Å². The van der Waals surface area contributed by atoms with Crippen LogP contribution in [0.3, 0.4) is 0 Å². The van der Waals surface area contributed by atoms with Crippen molar-refractivity contribution in [2.24, 2.45) is 0 Å². The summed E-state index contributed by atoms with van der Waals surface area (Å²) < 4.78 is 26.4. The molecule has 1 unspecified atom stereocenters. The van der Waals surface area contributed by atoms with E-state index in [2.05, 4.69) is 5.32 Å². The summed E-state index contributed by atoms with van der Waals surface area (Å²) in [5.74, 6) is -0.294. The Kier molecular flexibility index (Phi) is 10.8. The number of hydrogen-bond acceptors (Lipinski definition) is 4. The molecule has 0 spiro atoms. The molecule has 0 aromatic heterocycles. The van der Waals surface area contributed by atoms with Crippen LogP contribution in [-0.4, -0.2) is 50.0 Å². The van der Waals surface area contributed by atoms with Gasteiger partial charge in [-0.2, -0.15) is 0 Å². The number of amides is 2. The van der Waals surface area contributed by atoms with Crippen molar-refractivity contribution in [3.05, 3.63) is 65.2 Å². The van der Waals surface area contributed by atoms with E-state index in [0.717, 1.165) is 48.8 Å². The number of rotatable bonds is 12. The smallest absolute Gasteiger partial charge is 0.242 e. The standard InChI is InChI=1S/C30H43N3O4S/c1-5-25-17-19-28(20-18-25)33(38(4,36)37)21-9-12-29(34)32(22-26-15-13-23(2)14-16-26)24(3)30(35)31-27-10-7-6-8-11-27/h13-20,24,27H,5-12,21-22H2,1-4H3,(H,31,35). The highest BCUT2D eigenvalue weighted by Gasteiger charge is 2.28. The van der Waals surface area contributed by atoms with Crippen molar-refractivity contribution in [2.45, 2.75) is 90.8 Å². The van der Waals surface area contributed by atoms with E-state index in [9.17, 15) is 18.0 Å². The van der Waals surface area contributed by atoms with Crippen LogP contribution >= 0.6 is 0 Å². The van der Waals surface area contributed by atoms with Crippen LogP contribution in [0.5, 0.6) is 0 Å². The first kappa shape index (κ1) is 29.7. The zero-order chi connectivity index (χ0) is 27.7. The summed E-state index contributed by atoms with van der Waals surface area (Å²) in [4.78, 5) is 28.3. The van der Waals surface area contributed by atoms with Crippen molar-refractivity contribution < 1.29 is 18.0 Å². The zero-order valence-corrected chi connectivity index (χ0v) is 24.1. The van der Waals surface area contributed by atoms with Gasteiger partial charge in [-0.05, 0) is 62.8 Å². The lowest BCUT2D eigenvalue weighted by atomic mass is 9.95. The van der Waals surface area contributed by atoms with Gasteiger partial charge in [0.05, 0.1) is 11.9 Å². The number of sulfonamides is 1. The molecule has 1 atom stereocenters. The van der Waals surface area contributed by atoms with Crippen molar-refractivity contribution >= 4 is 27.5 Å². The third kappa shape index (κ3) is 8.58. The molecular weight excluding hydrogens is 498 g/mol. The Morgan fingerprint density at radius 2 is 1.58 bits per heavy atom. The van der Waals surface area contributed by atoms with Gasteiger partial charge in [0.15, 0.2) is 0 Å². The van der Waals surface area contributed by atoms with Gasteiger partial charge in [0.25, 0.3) is 0 Å². The lowest BCUT2D eigenvalue weighted by molar-refractivity contribution is -0.141. The van der Waals surface area contributed by atoms with E-state index in [4.69, 9.17) is 0 Å². The Labute approximate surface area is 228 Å². The van der Waals surface area contributed by atoms with E-state index in [-0.39, 0.29) is 30.8 Å². The summed E-state index contributed by atoms with van der Waals surface area (Å²) in [7, 11) is -3.51. The molecule has 1 aliphatic carbocycles. The molecule has 1 aliphatic rings. The predicted octanol–water partition coefficient (Wildman–Crippen LogP) is 4.97. The molecule has 0 saturated heterocycles.